The molecule has 0 spiro atoms. The van der Waals surface area contributed by atoms with Crippen molar-refractivity contribution in [3.05, 3.63) is 29.8 Å². The van der Waals surface area contributed by atoms with E-state index in [1.165, 1.54) is 0 Å². The zero-order chi connectivity index (χ0) is 12.9. The highest BCUT2D eigenvalue weighted by atomic mass is 17.2. The second-order valence-corrected chi connectivity index (χ2v) is 4.93. The summed E-state index contributed by atoms with van der Waals surface area (Å²) in [6.45, 7) is 6.33. The second-order valence-electron chi connectivity index (χ2n) is 4.93. The number of carbonyl (C=O) groups excluding carboxylic acids is 1. The molecule has 0 aromatic heterocycles. The Balaban J connectivity index is 2.52. The maximum Gasteiger partial charge on any atom is 0.373 e. The Morgan fingerprint density at radius 1 is 1.29 bits per heavy atom. The third-order valence-corrected chi connectivity index (χ3v) is 1.93. The molecular formula is C13H18O4. The quantitative estimate of drug-likeness (QED) is 0.597. The number of methoxy groups -OCH3 is 1. The van der Waals surface area contributed by atoms with Crippen LogP contribution in [0.1, 0.15) is 31.1 Å². The van der Waals surface area contributed by atoms with E-state index in [9.17, 15) is 4.79 Å². The summed E-state index contributed by atoms with van der Waals surface area (Å²) in [5.41, 5.74) is 0.354. The van der Waals surface area contributed by atoms with E-state index in [0.717, 1.165) is 0 Å². The molecule has 4 heteroatoms. The zero-order valence-corrected chi connectivity index (χ0v) is 10.6. The van der Waals surface area contributed by atoms with E-state index in [-0.39, 0.29) is 5.41 Å². The standard InChI is InChI=1S/C13H18O4/c1-13(2,3)9-16-17-12(14)10-6-5-7-11(8-10)15-4/h5-8H,9H2,1-4H3. The third-order valence-electron chi connectivity index (χ3n) is 1.93. The van der Waals surface area contributed by atoms with Crippen molar-refractivity contribution in [3.63, 3.8) is 0 Å². The SMILES string of the molecule is COc1cccc(C(=O)OOCC(C)(C)C)c1. The number of benzene rings is 1. The van der Waals surface area contributed by atoms with Gasteiger partial charge in [0.15, 0.2) is 0 Å². The van der Waals surface area contributed by atoms with Gasteiger partial charge in [-0.3, -0.25) is 4.89 Å². The second kappa shape index (κ2) is 5.68. The summed E-state index contributed by atoms with van der Waals surface area (Å²) in [5, 5.41) is 0. The van der Waals surface area contributed by atoms with Crippen molar-refractivity contribution in [2.75, 3.05) is 13.7 Å². The lowest BCUT2D eigenvalue weighted by molar-refractivity contribution is -0.255. The fourth-order valence-electron chi connectivity index (χ4n) is 1.06. The van der Waals surface area contributed by atoms with Gasteiger partial charge in [0, 0.05) is 0 Å². The van der Waals surface area contributed by atoms with Crippen LogP contribution in [0.4, 0.5) is 0 Å². The minimum atomic E-state index is -0.520. The molecule has 0 radical (unpaired) electrons. The van der Waals surface area contributed by atoms with Gasteiger partial charge in [-0.25, -0.2) is 4.79 Å². The van der Waals surface area contributed by atoms with Crippen LogP contribution < -0.4 is 4.74 Å². The van der Waals surface area contributed by atoms with Crippen LogP contribution in [0, 0.1) is 5.41 Å². The average molecular weight is 238 g/mol. The Morgan fingerprint density at radius 3 is 2.59 bits per heavy atom. The lowest BCUT2D eigenvalue weighted by atomic mass is 9.99. The van der Waals surface area contributed by atoms with E-state index in [0.29, 0.717) is 17.9 Å². The van der Waals surface area contributed by atoms with E-state index in [2.05, 4.69) is 0 Å². The van der Waals surface area contributed by atoms with Gasteiger partial charge in [0.05, 0.1) is 19.3 Å². The van der Waals surface area contributed by atoms with E-state index < -0.39 is 5.97 Å². The van der Waals surface area contributed by atoms with Gasteiger partial charge in [-0.15, -0.1) is 0 Å². The summed E-state index contributed by atoms with van der Waals surface area (Å²) in [6.07, 6.45) is 0. The number of hydrogen-bond acceptors (Lipinski definition) is 4. The molecule has 0 amide bonds. The van der Waals surface area contributed by atoms with Crippen LogP contribution in [0.3, 0.4) is 0 Å². The topological polar surface area (TPSA) is 44.8 Å². The maximum absolute atomic E-state index is 11.6. The van der Waals surface area contributed by atoms with E-state index >= 15 is 0 Å². The molecule has 0 N–H and O–H groups in total. The van der Waals surface area contributed by atoms with Crippen molar-refractivity contribution in [3.8, 4) is 5.75 Å². The van der Waals surface area contributed by atoms with Crippen LogP contribution in [0.2, 0.25) is 0 Å². The zero-order valence-electron chi connectivity index (χ0n) is 10.6. The average Bonchev–Trinajstić information content (AvgIpc) is 2.27. The Bertz CT molecular complexity index is 379. The van der Waals surface area contributed by atoms with Crippen LogP contribution in [0.5, 0.6) is 5.75 Å². The first kappa shape index (κ1) is 13.5. The number of ether oxygens (including phenoxy) is 1. The molecular weight excluding hydrogens is 220 g/mol. The first-order chi connectivity index (χ1) is 7.92. The molecule has 0 saturated carbocycles. The molecule has 17 heavy (non-hydrogen) atoms. The molecule has 94 valence electrons. The first-order valence-electron chi connectivity index (χ1n) is 5.40. The molecule has 0 bridgehead atoms. The molecule has 0 saturated heterocycles. The molecule has 1 aromatic rings. The fourth-order valence-corrected chi connectivity index (χ4v) is 1.06. The van der Waals surface area contributed by atoms with Gasteiger partial charge in [-0.05, 0) is 23.6 Å². The first-order valence-corrected chi connectivity index (χ1v) is 5.40. The van der Waals surface area contributed by atoms with E-state index in [4.69, 9.17) is 14.5 Å². The summed E-state index contributed by atoms with van der Waals surface area (Å²) < 4.78 is 5.02. The highest BCUT2D eigenvalue weighted by molar-refractivity contribution is 5.89. The molecule has 0 heterocycles. The number of carbonyl (C=O) groups is 1. The minimum absolute atomic E-state index is 0.0470. The van der Waals surface area contributed by atoms with Gasteiger partial charge < -0.3 is 4.74 Å². The lowest BCUT2D eigenvalue weighted by Gasteiger charge is -2.16. The summed E-state index contributed by atoms with van der Waals surface area (Å²) in [6, 6.07) is 6.72. The van der Waals surface area contributed by atoms with Crippen LogP contribution in [-0.2, 0) is 9.78 Å². The molecule has 0 aliphatic carbocycles. The van der Waals surface area contributed by atoms with Gasteiger partial charge in [0.25, 0.3) is 0 Å². The Hall–Kier alpha value is -1.55. The highest BCUT2D eigenvalue weighted by Crippen LogP contribution is 2.15. The fraction of sp³-hybridized carbons (Fsp3) is 0.462. The Kier molecular flexibility index (Phi) is 4.52. The highest BCUT2D eigenvalue weighted by Gasteiger charge is 2.14. The summed E-state index contributed by atoms with van der Waals surface area (Å²) >= 11 is 0. The molecule has 0 unspecified atom stereocenters. The van der Waals surface area contributed by atoms with Crippen molar-refractivity contribution in [2.24, 2.45) is 5.41 Å². The van der Waals surface area contributed by atoms with Gasteiger partial charge in [0.1, 0.15) is 5.75 Å². The molecule has 4 nitrogen and oxygen atoms in total. The minimum Gasteiger partial charge on any atom is -0.497 e. The largest absolute Gasteiger partial charge is 0.497 e. The summed E-state index contributed by atoms with van der Waals surface area (Å²) in [7, 11) is 1.54. The molecule has 0 atom stereocenters. The third kappa shape index (κ3) is 4.87. The Labute approximate surface area is 101 Å². The predicted octanol–water partition coefficient (Wildman–Crippen LogP) is 2.83. The normalized spacial score (nSPS) is 11.1. The van der Waals surface area contributed by atoms with Crippen molar-refractivity contribution >= 4 is 5.97 Å². The Morgan fingerprint density at radius 2 is 2.00 bits per heavy atom. The van der Waals surface area contributed by atoms with Gasteiger partial charge in [-0.1, -0.05) is 26.8 Å². The van der Waals surface area contributed by atoms with E-state index in [1.54, 1.807) is 31.4 Å². The van der Waals surface area contributed by atoms with Crippen LogP contribution >= 0.6 is 0 Å². The maximum atomic E-state index is 11.6. The molecule has 0 aliphatic heterocycles. The van der Waals surface area contributed by atoms with Crippen LogP contribution in [0.25, 0.3) is 0 Å². The lowest BCUT2D eigenvalue weighted by Crippen LogP contribution is -2.17. The van der Waals surface area contributed by atoms with Gasteiger partial charge in [0.2, 0.25) is 0 Å². The smallest absolute Gasteiger partial charge is 0.373 e. The molecule has 1 rings (SSSR count). The molecule has 1 aromatic carbocycles. The summed E-state index contributed by atoms with van der Waals surface area (Å²) in [4.78, 5) is 21.2. The molecule has 0 aliphatic rings. The molecule has 0 fully saturated rings. The summed E-state index contributed by atoms with van der Waals surface area (Å²) in [5.74, 6) is 0.0865. The van der Waals surface area contributed by atoms with Crippen LogP contribution in [0.15, 0.2) is 24.3 Å². The van der Waals surface area contributed by atoms with Crippen LogP contribution in [-0.4, -0.2) is 19.7 Å². The number of hydrogen-bond donors (Lipinski definition) is 0. The number of rotatable bonds is 4. The van der Waals surface area contributed by atoms with Gasteiger partial charge >= 0.3 is 5.97 Å². The van der Waals surface area contributed by atoms with E-state index in [1.807, 2.05) is 20.8 Å². The van der Waals surface area contributed by atoms with Crippen molar-refractivity contribution < 1.29 is 19.3 Å². The van der Waals surface area contributed by atoms with Crippen molar-refractivity contribution in [2.45, 2.75) is 20.8 Å². The van der Waals surface area contributed by atoms with Gasteiger partial charge in [-0.2, -0.15) is 4.89 Å². The predicted molar refractivity (Wildman–Crippen MR) is 63.8 cm³/mol. The van der Waals surface area contributed by atoms with Crippen molar-refractivity contribution in [1.82, 2.24) is 0 Å². The monoisotopic (exact) mass is 238 g/mol. The van der Waals surface area contributed by atoms with Crippen molar-refractivity contribution in [1.29, 1.82) is 0 Å².